The summed E-state index contributed by atoms with van der Waals surface area (Å²) in [6.07, 6.45) is 3.48. The van der Waals surface area contributed by atoms with Crippen molar-refractivity contribution in [2.75, 3.05) is 26.2 Å². The molecule has 2 aromatic carbocycles. The molecule has 2 aliphatic rings. The van der Waals surface area contributed by atoms with Crippen molar-refractivity contribution in [3.63, 3.8) is 0 Å². The molecule has 0 spiro atoms. The first-order valence-electron chi connectivity index (χ1n) is 11.3. The zero-order valence-corrected chi connectivity index (χ0v) is 18.0. The third-order valence-electron chi connectivity index (χ3n) is 6.65. The van der Waals surface area contributed by atoms with Crippen LogP contribution in [0, 0.1) is 5.82 Å². The SMILES string of the molecule is O=C(c1ccccc1F)N1CCC(c2nc3ccccc3cc2C(=O)N2CCCC2)CC1. The van der Waals surface area contributed by atoms with Gasteiger partial charge in [-0.15, -0.1) is 0 Å². The molecule has 5 nitrogen and oxygen atoms in total. The minimum atomic E-state index is -0.491. The first-order valence-corrected chi connectivity index (χ1v) is 11.3. The molecule has 32 heavy (non-hydrogen) atoms. The average Bonchev–Trinajstić information content (AvgIpc) is 3.38. The van der Waals surface area contributed by atoms with Crippen LogP contribution in [0.2, 0.25) is 0 Å². The van der Waals surface area contributed by atoms with Gasteiger partial charge in [-0.2, -0.15) is 0 Å². The van der Waals surface area contributed by atoms with Crippen molar-refractivity contribution in [3.05, 3.63) is 77.2 Å². The van der Waals surface area contributed by atoms with Crippen LogP contribution < -0.4 is 0 Å². The molecule has 164 valence electrons. The summed E-state index contributed by atoms with van der Waals surface area (Å²) in [7, 11) is 0. The predicted molar refractivity (Wildman–Crippen MR) is 121 cm³/mol. The summed E-state index contributed by atoms with van der Waals surface area (Å²) in [4.78, 5) is 34.7. The molecule has 0 bridgehead atoms. The van der Waals surface area contributed by atoms with E-state index in [2.05, 4.69) is 0 Å². The second-order valence-electron chi connectivity index (χ2n) is 8.66. The molecule has 2 saturated heterocycles. The lowest BCUT2D eigenvalue weighted by molar-refractivity contribution is 0.0702. The monoisotopic (exact) mass is 431 g/mol. The number of hydrogen-bond donors (Lipinski definition) is 0. The van der Waals surface area contributed by atoms with Gasteiger partial charge in [-0.1, -0.05) is 30.3 Å². The number of halogens is 1. The van der Waals surface area contributed by atoms with Gasteiger partial charge < -0.3 is 9.80 Å². The number of pyridine rings is 1. The maximum atomic E-state index is 14.1. The molecule has 2 aliphatic heterocycles. The highest BCUT2D eigenvalue weighted by molar-refractivity contribution is 5.99. The Kier molecular flexibility index (Phi) is 5.60. The topological polar surface area (TPSA) is 53.5 Å². The van der Waals surface area contributed by atoms with Crippen LogP contribution in [-0.2, 0) is 0 Å². The summed E-state index contributed by atoms with van der Waals surface area (Å²) < 4.78 is 14.1. The number of nitrogens with zero attached hydrogens (tertiary/aromatic N) is 3. The molecule has 0 atom stereocenters. The summed E-state index contributed by atoms with van der Waals surface area (Å²) in [6.45, 7) is 2.62. The lowest BCUT2D eigenvalue weighted by Gasteiger charge is -2.33. The van der Waals surface area contributed by atoms with Crippen LogP contribution in [0.4, 0.5) is 4.39 Å². The third kappa shape index (κ3) is 3.85. The van der Waals surface area contributed by atoms with Crippen LogP contribution >= 0.6 is 0 Å². The molecule has 0 saturated carbocycles. The summed E-state index contributed by atoms with van der Waals surface area (Å²) in [6, 6.07) is 16.0. The lowest BCUT2D eigenvalue weighted by Crippen LogP contribution is -2.39. The number of piperidine rings is 1. The second kappa shape index (κ2) is 8.69. The minimum Gasteiger partial charge on any atom is -0.339 e. The standard InChI is InChI=1S/C26H26FN3O2/c27-22-9-3-2-8-20(22)25(31)30-15-11-18(12-16-30)24-21(26(32)29-13-5-6-14-29)17-19-7-1-4-10-23(19)28-24/h1-4,7-10,17-18H,5-6,11-16H2. The van der Waals surface area contributed by atoms with E-state index >= 15 is 0 Å². The zero-order valence-electron chi connectivity index (χ0n) is 18.0. The van der Waals surface area contributed by atoms with Gasteiger partial charge in [0.15, 0.2) is 0 Å². The van der Waals surface area contributed by atoms with E-state index in [4.69, 9.17) is 4.98 Å². The number of hydrogen-bond acceptors (Lipinski definition) is 3. The van der Waals surface area contributed by atoms with E-state index in [1.165, 1.54) is 12.1 Å². The summed E-state index contributed by atoms with van der Waals surface area (Å²) >= 11 is 0. The number of amides is 2. The van der Waals surface area contributed by atoms with Gasteiger partial charge in [0.05, 0.1) is 22.3 Å². The zero-order chi connectivity index (χ0) is 22.1. The van der Waals surface area contributed by atoms with Crippen LogP contribution in [0.5, 0.6) is 0 Å². The van der Waals surface area contributed by atoms with Crippen molar-refractivity contribution in [1.82, 2.24) is 14.8 Å². The molecular formula is C26H26FN3O2. The van der Waals surface area contributed by atoms with Gasteiger partial charge in [-0.05, 0) is 49.9 Å². The van der Waals surface area contributed by atoms with Crippen molar-refractivity contribution in [2.45, 2.75) is 31.6 Å². The second-order valence-corrected chi connectivity index (χ2v) is 8.66. The number of benzene rings is 2. The van der Waals surface area contributed by atoms with Gasteiger partial charge in [0.25, 0.3) is 11.8 Å². The molecule has 2 amide bonds. The van der Waals surface area contributed by atoms with Crippen molar-refractivity contribution < 1.29 is 14.0 Å². The molecule has 1 aromatic heterocycles. The summed E-state index contributed by atoms with van der Waals surface area (Å²) in [5.74, 6) is -0.623. The van der Waals surface area contributed by atoms with Gasteiger partial charge >= 0.3 is 0 Å². The number of carbonyl (C=O) groups is 2. The van der Waals surface area contributed by atoms with E-state index in [9.17, 15) is 14.0 Å². The molecule has 2 fully saturated rings. The highest BCUT2D eigenvalue weighted by atomic mass is 19.1. The maximum Gasteiger partial charge on any atom is 0.256 e. The lowest BCUT2D eigenvalue weighted by atomic mass is 9.89. The van der Waals surface area contributed by atoms with Gasteiger partial charge in [-0.25, -0.2) is 4.39 Å². The quantitative estimate of drug-likeness (QED) is 0.608. The van der Waals surface area contributed by atoms with Crippen LogP contribution in [0.15, 0.2) is 54.6 Å². The van der Waals surface area contributed by atoms with Gasteiger partial charge in [0.1, 0.15) is 5.82 Å². The first-order chi connectivity index (χ1) is 15.6. The van der Waals surface area contributed by atoms with Crippen molar-refractivity contribution >= 4 is 22.7 Å². The average molecular weight is 432 g/mol. The molecule has 0 aliphatic carbocycles. The molecule has 0 radical (unpaired) electrons. The Bertz CT molecular complexity index is 1160. The van der Waals surface area contributed by atoms with Gasteiger partial charge in [0, 0.05) is 37.5 Å². The fraction of sp³-hybridized carbons (Fsp3) is 0.346. The Balaban J connectivity index is 1.41. The molecule has 6 heteroatoms. The number of carbonyl (C=O) groups excluding carboxylic acids is 2. The Morgan fingerprint density at radius 3 is 2.19 bits per heavy atom. The van der Waals surface area contributed by atoms with E-state index in [0.717, 1.165) is 42.5 Å². The van der Waals surface area contributed by atoms with Gasteiger partial charge in [-0.3, -0.25) is 14.6 Å². The van der Waals surface area contributed by atoms with Crippen molar-refractivity contribution in [3.8, 4) is 0 Å². The molecule has 3 aromatic rings. The van der Waals surface area contributed by atoms with Gasteiger partial charge in [0.2, 0.25) is 0 Å². The Morgan fingerprint density at radius 1 is 0.812 bits per heavy atom. The van der Waals surface area contributed by atoms with E-state index < -0.39 is 5.82 Å². The minimum absolute atomic E-state index is 0.0561. The first kappa shape index (κ1) is 20.6. The highest BCUT2D eigenvalue weighted by Crippen LogP contribution is 2.33. The maximum absolute atomic E-state index is 14.1. The van der Waals surface area contributed by atoms with E-state index in [1.807, 2.05) is 35.2 Å². The fourth-order valence-electron chi connectivity index (χ4n) is 4.86. The normalized spacial score (nSPS) is 17.2. The Hall–Kier alpha value is -3.28. The molecule has 3 heterocycles. The van der Waals surface area contributed by atoms with Crippen LogP contribution in [0.3, 0.4) is 0 Å². The number of fused-ring (bicyclic) bond motifs is 1. The summed E-state index contributed by atoms with van der Waals surface area (Å²) in [5.41, 5.74) is 2.51. The molecule has 0 unspecified atom stereocenters. The molecular weight excluding hydrogens is 405 g/mol. The number of likely N-dealkylation sites (tertiary alicyclic amines) is 2. The van der Waals surface area contributed by atoms with E-state index in [1.54, 1.807) is 17.0 Å². The van der Waals surface area contributed by atoms with E-state index in [0.29, 0.717) is 31.5 Å². The highest BCUT2D eigenvalue weighted by Gasteiger charge is 2.31. The Labute approximate surface area is 186 Å². The largest absolute Gasteiger partial charge is 0.339 e. The smallest absolute Gasteiger partial charge is 0.256 e. The summed E-state index contributed by atoms with van der Waals surface area (Å²) in [5, 5.41) is 0.964. The molecule has 5 rings (SSSR count). The van der Waals surface area contributed by atoms with Crippen LogP contribution in [0.25, 0.3) is 10.9 Å². The molecule has 0 N–H and O–H groups in total. The Morgan fingerprint density at radius 2 is 1.44 bits per heavy atom. The third-order valence-corrected chi connectivity index (χ3v) is 6.65. The predicted octanol–water partition coefficient (Wildman–Crippen LogP) is 4.63. The number of para-hydroxylation sites is 1. The van der Waals surface area contributed by atoms with Crippen LogP contribution in [-0.4, -0.2) is 52.8 Å². The van der Waals surface area contributed by atoms with Crippen LogP contribution in [0.1, 0.15) is 58.0 Å². The number of aromatic nitrogens is 1. The fourth-order valence-corrected chi connectivity index (χ4v) is 4.86. The van der Waals surface area contributed by atoms with Crippen molar-refractivity contribution in [1.29, 1.82) is 0 Å². The van der Waals surface area contributed by atoms with Crippen molar-refractivity contribution in [2.24, 2.45) is 0 Å². The van der Waals surface area contributed by atoms with E-state index in [-0.39, 0.29) is 23.3 Å². The number of rotatable bonds is 3.